The fourth-order valence-corrected chi connectivity index (χ4v) is 6.16. The molecule has 1 nitrogen and oxygen atoms in total. The Bertz CT molecular complexity index is 3140. The molecule has 1 heteroatoms. The van der Waals surface area contributed by atoms with Gasteiger partial charge in [-0.05, 0) is 72.6 Å². The van der Waals surface area contributed by atoms with Crippen molar-refractivity contribution < 1.29 is 22.2 Å². The summed E-state index contributed by atoms with van der Waals surface area (Å²) in [5, 5.41) is 0.428. The van der Waals surface area contributed by atoms with Crippen molar-refractivity contribution in [2.45, 2.75) is 0 Å². The topological polar surface area (TPSA) is 13.1 Å². The summed E-state index contributed by atoms with van der Waals surface area (Å²) >= 11 is 0. The number of furan rings is 1. The fraction of sp³-hybridized carbons (Fsp3) is 0. The Balaban J connectivity index is 1.56. The molecule has 0 amide bonds. The summed E-state index contributed by atoms with van der Waals surface area (Å²) in [4.78, 5) is 0. The number of fused-ring (bicyclic) bond motifs is 5. The summed E-state index contributed by atoms with van der Waals surface area (Å²) in [6.45, 7) is 0. The average molecular weight is 586 g/mol. The highest BCUT2D eigenvalue weighted by Crippen LogP contribution is 2.48. The molecule has 0 aliphatic carbocycles. The highest BCUT2D eigenvalue weighted by molar-refractivity contribution is 6.26. The second kappa shape index (κ2) is 10.4. The van der Waals surface area contributed by atoms with Crippen LogP contribution in [-0.4, -0.2) is 0 Å². The molecule has 45 heavy (non-hydrogen) atoms. The Labute approximate surface area is 279 Å². The molecule has 0 radical (unpaired) electrons. The average Bonchev–Trinajstić information content (AvgIpc) is 3.63. The summed E-state index contributed by atoms with van der Waals surface area (Å²) in [5.74, 6) is 0. The van der Waals surface area contributed by atoms with Gasteiger partial charge < -0.3 is 4.42 Å². The third-order valence-corrected chi connectivity index (χ3v) is 8.14. The smallest absolute Gasteiger partial charge is 0.143 e. The second-order valence-corrected chi connectivity index (χ2v) is 10.6. The van der Waals surface area contributed by atoms with E-state index in [0.29, 0.717) is 38.6 Å². The second-order valence-electron chi connectivity index (χ2n) is 10.6. The summed E-state index contributed by atoms with van der Waals surface area (Å²) < 4.78 is 125. The van der Waals surface area contributed by atoms with Crippen LogP contribution in [0, 0.1) is 0 Å². The Kier molecular flexibility index (Phi) is 3.62. The number of para-hydroxylation sites is 1. The van der Waals surface area contributed by atoms with Crippen molar-refractivity contribution in [3.05, 3.63) is 170 Å². The maximum absolute atomic E-state index is 9.45. The fourth-order valence-electron chi connectivity index (χ4n) is 6.16. The predicted octanol–water partition coefficient (Wildman–Crippen LogP) is 12.6. The van der Waals surface area contributed by atoms with E-state index >= 15 is 0 Å². The van der Waals surface area contributed by atoms with E-state index in [4.69, 9.17) is 14.0 Å². The van der Waals surface area contributed by atoms with Gasteiger partial charge in [0.2, 0.25) is 0 Å². The van der Waals surface area contributed by atoms with Crippen LogP contribution in [0.5, 0.6) is 0 Å². The number of hydrogen-bond donors (Lipinski definition) is 0. The van der Waals surface area contributed by atoms with Crippen molar-refractivity contribution >= 4 is 43.5 Å². The lowest BCUT2D eigenvalue weighted by Gasteiger charge is -2.19. The van der Waals surface area contributed by atoms with E-state index in [9.17, 15) is 8.22 Å². The van der Waals surface area contributed by atoms with Crippen LogP contribution in [-0.2, 0) is 0 Å². The highest BCUT2D eigenvalue weighted by atomic mass is 16.3. The van der Waals surface area contributed by atoms with Gasteiger partial charge in [-0.25, -0.2) is 0 Å². The van der Waals surface area contributed by atoms with Gasteiger partial charge in [-0.1, -0.05) is 157 Å². The van der Waals surface area contributed by atoms with Crippen molar-refractivity contribution in [3.63, 3.8) is 0 Å². The van der Waals surface area contributed by atoms with Gasteiger partial charge in [-0.3, -0.25) is 0 Å². The molecule has 0 bridgehead atoms. The zero-order valence-electron chi connectivity index (χ0n) is 36.6. The van der Waals surface area contributed by atoms with E-state index in [-0.39, 0.29) is 44.3 Å². The lowest BCUT2D eigenvalue weighted by Crippen LogP contribution is -1.92. The van der Waals surface area contributed by atoms with Gasteiger partial charge >= 0.3 is 0 Å². The summed E-state index contributed by atoms with van der Waals surface area (Å²) in [6, 6.07) is 19.4. The van der Waals surface area contributed by atoms with E-state index in [1.807, 2.05) is 48.5 Å². The zero-order valence-corrected chi connectivity index (χ0v) is 23.6. The first-order valence-corrected chi connectivity index (χ1v) is 14.4. The van der Waals surface area contributed by atoms with E-state index < -0.39 is 78.1 Å². The molecule has 0 unspecified atom stereocenters. The Morgan fingerprint density at radius 3 is 1.62 bits per heavy atom. The van der Waals surface area contributed by atoms with Crippen LogP contribution in [0.15, 0.2) is 174 Å². The molecule has 0 N–H and O–H groups in total. The molecular weight excluding hydrogens is 544 g/mol. The van der Waals surface area contributed by atoms with E-state index in [0.717, 1.165) is 5.56 Å². The minimum absolute atomic E-state index is 0.0614. The summed E-state index contributed by atoms with van der Waals surface area (Å²) in [6.07, 6.45) is 0. The van der Waals surface area contributed by atoms with Gasteiger partial charge in [0.05, 0.1) is 17.8 Å². The lowest BCUT2D eigenvalue weighted by atomic mass is 9.84. The van der Waals surface area contributed by atoms with Crippen LogP contribution < -0.4 is 0 Å². The molecule has 210 valence electrons. The number of benzene rings is 8. The van der Waals surface area contributed by atoms with Gasteiger partial charge in [0.15, 0.2) is 0 Å². The number of hydrogen-bond acceptors (Lipinski definition) is 1. The molecule has 1 heterocycles. The lowest BCUT2D eigenvalue weighted by molar-refractivity contribution is 0.670. The first-order valence-electron chi connectivity index (χ1n) is 20.9. The van der Waals surface area contributed by atoms with Crippen molar-refractivity contribution in [1.82, 2.24) is 0 Å². The van der Waals surface area contributed by atoms with Crippen LogP contribution in [0.3, 0.4) is 0 Å². The van der Waals surface area contributed by atoms with Crippen LogP contribution in [0.2, 0.25) is 0 Å². The molecule has 0 fully saturated rings. The van der Waals surface area contributed by atoms with Crippen LogP contribution in [0.25, 0.3) is 88.0 Å². The molecule has 0 aliphatic heterocycles. The molecule has 0 spiro atoms. The van der Waals surface area contributed by atoms with E-state index in [1.165, 1.54) is 24.3 Å². The minimum Gasteiger partial charge on any atom is -0.455 e. The molecule has 9 aromatic rings. The predicted molar refractivity (Wildman–Crippen MR) is 190 cm³/mol. The van der Waals surface area contributed by atoms with Gasteiger partial charge in [-0.15, -0.1) is 0 Å². The highest BCUT2D eigenvalue weighted by Gasteiger charge is 2.22. The Hall–Kier alpha value is -5.92. The maximum Gasteiger partial charge on any atom is 0.143 e. The monoisotopic (exact) mass is 585 g/mol. The normalized spacial score (nSPS) is 15.6. The van der Waals surface area contributed by atoms with Gasteiger partial charge in [0.1, 0.15) is 11.2 Å². The van der Waals surface area contributed by atoms with Gasteiger partial charge in [0, 0.05) is 16.3 Å². The summed E-state index contributed by atoms with van der Waals surface area (Å²) in [7, 11) is 0. The molecule has 9 rings (SSSR count). The first-order chi connectivity index (χ1) is 27.7. The van der Waals surface area contributed by atoms with E-state index in [2.05, 4.69) is 0 Å². The maximum atomic E-state index is 9.45. The quantitative estimate of drug-likeness (QED) is 0.187. The molecule has 8 aromatic carbocycles. The Morgan fingerprint density at radius 1 is 0.378 bits per heavy atom. The molecule has 0 aliphatic rings. The molecule has 1 aromatic heterocycles. The van der Waals surface area contributed by atoms with Gasteiger partial charge in [0.25, 0.3) is 0 Å². The van der Waals surface area contributed by atoms with Crippen LogP contribution >= 0.6 is 0 Å². The Morgan fingerprint density at radius 2 is 0.933 bits per heavy atom. The zero-order chi connectivity index (χ0) is 41.1. The molecular formula is C44H28O. The third-order valence-electron chi connectivity index (χ3n) is 8.14. The van der Waals surface area contributed by atoms with Crippen LogP contribution in [0.4, 0.5) is 0 Å². The molecule has 0 atom stereocenters. The standard InChI is InChI=1S/C44H28O/c1-3-13-29(14-4-1)30-23-25-32(26-24-30)41-34-17-7-9-19-36(34)42(37-20-10-8-18-35(37)41)39-28-27-33(31-15-5-2-6-16-31)44-43(39)38-21-11-12-22-40(38)45-44/h1-28H/i1D,7D,8D,9D,10D,17D,18D,19D,20D,23D,24D,25D,26D. The van der Waals surface area contributed by atoms with Gasteiger partial charge in [-0.2, -0.15) is 0 Å². The van der Waals surface area contributed by atoms with Crippen molar-refractivity contribution in [1.29, 1.82) is 0 Å². The van der Waals surface area contributed by atoms with Crippen LogP contribution in [0.1, 0.15) is 17.8 Å². The number of rotatable bonds is 4. The molecule has 0 saturated carbocycles. The van der Waals surface area contributed by atoms with Crippen molar-refractivity contribution in [2.24, 2.45) is 0 Å². The molecule has 0 saturated heterocycles. The minimum atomic E-state index is -0.662. The third kappa shape index (κ3) is 4.09. The van der Waals surface area contributed by atoms with Crippen molar-refractivity contribution in [2.75, 3.05) is 0 Å². The SMILES string of the molecule is [2H]c1ccc(-c2c([2H])c([2H])c(-c3c4c([2H])c([2H])c([2H])c([2H])c4c(-c4ccc(-c5ccccc5)c5oc6ccccc6c45)c4c([2H])c([2H])c([2H])c([2H])c34)c([2H])c2[2H])cc1. The first kappa shape index (κ1) is 15.7. The van der Waals surface area contributed by atoms with E-state index in [1.54, 1.807) is 18.2 Å². The summed E-state index contributed by atoms with van der Waals surface area (Å²) in [5.41, 5.74) is 2.46. The largest absolute Gasteiger partial charge is 0.455 e. The van der Waals surface area contributed by atoms with Crippen molar-refractivity contribution in [3.8, 4) is 44.5 Å².